The molecule has 136 valence electrons. The van der Waals surface area contributed by atoms with Crippen LogP contribution in [0.3, 0.4) is 0 Å². The van der Waals surface area contributed by atoms with Crippen LogP contribution in [-0.2, 0) is 12.7 Å². The number of rotatable bonds is 4. The second-order valence-corrected chi connectivity index (χ2v) is 6.12. The van der Waals surface area contributed by atoms with Crippen molar-refractivity contribution in [2.75, 3.05) is 13.1 Å². The summed E-state index contributed by atoms with van der Waals surface area (Å²) in [6, 6.07) is 10.1. The topological polar surface area (TPSA) is 62.0 Å². The minimum Gasteiger partial charge on any atom is -0.460 e. The first-order valence-corrected chi connectivity index (χ1v) is 8.22. The Hall–Kier alpha value is -2.66. The number of ether oxygens (including phenoxy) is 1. The molecule has 0 saturated carbocycles. The lowest BCUT2D eigenvalue weighted by molar-refractivity contribution is -0.141. The molecule has 0 bridgehead atoms. The van der Waals surface area contributed by atoms with Crippen LogP contribution in [0.1, 0.15) is 29.7 Å². The third kappa shape index (κ3) is 4.70. The van der Waals surface area contributed by atoms with E-state index < -0.39 is 11.9 Å². The Morgan fingerprint density at radius 3 is 2.46 bits per heavy atom. The number of nitrogens with zero attached hydrogens (tertiary/aromatic N) is 4. The van der Waals surface area contributed by atoms with Gasteiger partial charge in [0.05, 0.1) is 11.6 Å². The SMILES string of the molecule is N#Cc1ccc(CN2CCC(Oc3nccc(C(F)(F)F)n3)CC2)cc1. The van der Waals surface area contributed by atoms with E-state index in [0.29, 0.717) is 18.4 Å². The van der Waals surface area contributed by atoms with Crippen molar-refractivity contribution in [1.29, 1.82) is 5.26 Å². The third-order valence-corrected chi connectivity index (χ3v) is 4.22. The van der Waals surface area contributed by atoms with Gasteiger partial charge < -0.3 is 4.74 Å². The van der Waals surface area contributed by atoms with Gasteiger partial charge in [0.2, 0.25) is 0 Å². The molecule has 0 N–H and O–H groups in total. The zero-order chi connectivity index (χ0) is 18.6. The molecule has 1 saturated heterocycles. The molecule has 26 heavy (non-hydrogen) atoms. The lowest BCUT2D eigenvalue weighted by atomic mass is 10.1. The van der Waals surface area contributed by atoms with Crippen molar-refractivity contribution in [3.05, 3.63) is 53.3 Å². The molecule has 0 unspecified atom stereocenters. The Morgan fingerprint density at radius 1 is 1.15 bits per heavy atom. The van der Waals surface area contributed by atoms with Gasteiger partial charge in [0.15, 0.2) is 5.69 Å². The summed E-state index contributed by atoms with van der Waals surface area (Å²) in [5, 5.41) is 8.81. The lowest BCUT2D eigenvalue weighted by Gasteiger charge is -2.31. The molecule has 0 amide bonds. The smallest absolute Gasteiger partial charge is 0.433 e. The molecule has 8 heteroatoms. The summed E-state index contributed by atoms with van der Waals surface area (Å²) in [7, 11) is 0. The monoisotopic (exact) mass is 362 g/mol. The van der Waals surface area contributed by atoms with Crippen molar-refractivity contribution in [3.63, 3.8) is 0 Å². The van der Waals surface area contributed by atoms with Gasteiger partial charge in [-0.1, -0.05) is 12.1 Å². The molecule has 1 fully saturated rings. The fraction of sp³-hybridized carbons (Fsp3) is 0.389. The van der Waals surface area contributed by atoms with Gasteiger partial charge in [-0.25, -0.2) is 4.98 Å². The van der Waals surface area contributed by atoms with Crippen LogP contribution in [0.5, 0.6) is 6.01 Å². The summed E-state index contributed by atoms with van der Waals surface area (Å²) < 4.78 is 43.6. The van der Waals surface area contributed by atoms with Crippen LogP contribution >= 0.6 is 0 Å². The standard InChI is InChI=1S/C18H17F3N4O/c19-18(20,21)16-5-8-23-17(24-16)26-15-6-9-25(10-7-15)12-14-3-1-13(11-22)2-4-14/h1-5,8,15H,6-7,9-10,12H2. The Morgan fingerprint density at radius 2 is 1.85 bits per heavy atom. The number of aromatic nitrogens is 2. The summed E-state index contributed by atoms with van der Waals surface area (Å²) in [5.74, 6) is 0. The molecular formula is C18H17F3N4O. The van der Waals surface area contributed by atoms with E-state index >= 15 is 0 Å². The molecule has 2 heterocycles. The third-order valence-electron chi connectivity index (χ3n) is 4.22. The van der Waals surface area contributed by atoms with E-state index in [-0.39, 0.29) is 12.1 Å². The van der Waals surface area contributed by atoms with Crippen LogP contribution in [-0.4, -0.2) is 34.1 Å². The number of hydrogen-bond donors (Lipinski definition) is 0. The van der Waals surface area contributed by atoms with Crippen molar-refractivity contribution in [2.24, 2.45) is 0 Å². The van der Waals surface area contributed by atoms with Gasteiger partial charge in [0.1, 0.15) is 6.10 Å². The lowest BCUT2D eigenvalue weighted by Crippen LogP contribution is -2.38. The number of hydrogen-bond acceptors (Lipinski definition) is 5. The van der Waals surface area contributed by atoms with Crippen LogP contribution < -0.4 is 4.74 Å². The van der Waals surface area contributed by atoms with Crippen LogP contribution in [0, 0.1) is 11.3 Å². The molecule has 0 atom stereocenters. The van der Waals surface area contributed by atoms with Gasteiger partial charge in [-0.05, 0) is 36.6 Å². The summed E-state index contributed by atoms with van der Waals surface area (Å²) in [5.41, 5.74) is 0.743. The number of piperidine rings is 1. The maximum Gasteiger partial charge on any atom is 0.433 e. The summed E-state index contributed by atoms with van der Waals surface area (Å²) in [6.07, 6.45) is -2.27. The number of benzene rings is 1. The largest absolute Gasteiger partial charge is 0.460 e. The second-order valence-electron chi connectivity index (χ2n) is 6.12. The van der Waals surface area contributed by atoms with Crippen molar-refractivity contribution < 1.29 is 17.9 Å². The zero-order valence-electron chi connectivity index (χ0n) is 13.9. The van der Waals surface area contributed by atoms with E-state index in [0.717, 1.165) is 37.5 Å². The molecule has 1 aromatic carbocycles. The predicted molar refractivity (Wildman–Crippen MR) is 87.1 cm³/mol. The van der Waals surface area contributed by atoms with Crippen molar-refractivity contribution >= 4 is 0 Å². The number of nitriles is 1. The van der Waals surface area contributed by atoms with Crippen LogP contribution in [0.4, 0.5) is 13.2 Å². The van der Waals surface area contributed by atoms with Crippen molar-refractivity contribution in [2.45, 2.75) is 31.7 Å². The molecule has 2 aromatic rings. The Bertz CT molecular complexity index is 778. The molecule has 0 spiro atoms. The number of halogens is 3. The molecule has 1 aliphatic heterocycles. The quantitative estimate of drug-likeness (QED) is 0.834. The Kier molecular flexibility index (Phi) is 5.38. The van der Waals surface area contributed by atoms with Gasteiger partial charge >= 0.3 is 12.2 Å². The van der Waals surface area contributed by atoms with Gasteiger partial charge in [-0.15, -0.1) is 0 Å². The molecule has 0 aliphatic carbocycles. The summed E-state index contributed by atoms with van der Waals surface area (Å²) in [6.45, 7) is 2.30. The van der Waals surface area contributed by atoms with Crippen molar-refractivity contribution in [3.8, 4) is 12.1 Å². The van der Waals surface area contributed by atoms with Gasteiger partial charge in [-0.2, -0.15) is 23.4 Å². The summed E-state index contributed by atoms with van der Waals surface area (Å²) >= 11 is 0. The Balaban J connectivity index is 1.51. The highest BCUT2D eigenvalue weighted by Gasteiger charge is 2.33. The maximum atomic E-state index is 12.7. The van der Waals surface area contributed by atoms with E-state index in [9.17, 15) is 13.2 Å². The minimum atomic E-state index is -4.51. The highest BCUT2D eigenvalue weighted by atomic mass is 19.4. The fourth-order valence-corrected chi connectivity index (χ4v) is 2.83. The van der Waals surface area contributed by atoms with Gasteiger partial charge in [0.25, 0.3) is 0 Å². The normalized spacial score (nSPS) is 16.2. The second kappa shape index (κ2) is 7.70. The highest BCUT2D eigenvalue weighted by molar-refractivity contribution is 5.31. The molecule has 3 rings (SSSR count). The van der Waals surface area contributed by atoms with E-state index in [2.05, 4.69) is 20.9 Å². The molecule has 0 radical (unpaired) electrons. The molecular weight excluding hydrogens is 345 g/mol. The van der Waals surface area contributed by atoms with E-state index in [1.54, 1.807) is 12.1 Å². The van der Waals surface area contributed by atoms with E-state index in [1.807, 2.05) is 12.1 Å². The van der Waals surface area contributed by atoms with Gasteiger partial charge in [0, 0.05) is 25.8 Å². The minimum absolute atomic E-state index is 0.198. The van der Waals surface area contributed by atoms with Crippen LogP contribution in [0.2, 0.25) is 0 Å². The first-order chi connectivity index (χ1) is 12.4. The fourth-order valence-electron chi connectivity index (χ4n) is 2.83. The average molecular weight is 362 g/mol. The highest BCUT2D eigenvalue weighted by Crippen LogP contribution is 2.28. The van der Waals surface area contributed by atoms with E-state index in [4.69, 9.17) is 10.00 Å². The van der Waals surface area contributed by atoms with Crippen LogP contribution in [0.15, 0.2) is 36.5 Å². The van der Waals surface area contributed by atoms with Crippen molar-refractivity contribution in [1.82, 2.24) is 14.9 Å². The Labute approximate surface area is 149 Å². The molecule has 5 nitrogen and oxygen atoms in total. The zero-order valence-corrected chi connectivity index (χ0v) is 13.9. The van der Waals surface area contributed by atoms with Crippen LogP contribution in [0.25, 0.3) is 0 Å². The summed E-state index contributed by atoms with van der Waals surface area (Å²) in [4.78, 5) is 9.46. The molecule has 1 aliphatic rings. The number of alkyl halides is 3. The van der Waals surface area contributed by atoms with Gasteiger partial charge in [-0.3, -0.25) is 4.90 Å². The number of likely N-dealkylation sites (tertiary alicyclic amines) is 1. The average Bonchev–Trinajstić information content (AvgIpc) is 2.63. The molecule has 1 aromatic heterocycles. The predicted octanol–water partition coefficient (Wildman–Crippen LogP) is 3.41. The first kappa shape index (κ1) is 18.1. The maximum absolute atomic E-state index is 12.7. The first-order valence-electron chi connectivity index (χ1n) is 8.22. The van der Waals surface area contributed by atoms with E-state index in [1.165, 1.54) is 0 Å².